The van der Waals surface area contributed by atoms with Crippen LogP contribution in [0.2, 0.25) is 0 Å². The molecule has 0 aliphatic rings. The molecular formula is C26H24F2. The van der Waals surface area contributed by atoms with E-state index in [9.17, 15) is 8.78 Å². The van der Waals surface area contributed by atoms with Crippen molar-refractivity contribution in [1.29, 1.82) is 0 Å². The SMILES string of the molecule is C=CCCc1ccc(C(F)=C(F)c2ccc3cc(CCC=C)ccc3c2)cc1. The van der Waals surface area contributed by atoms with E-state index in [-0.39, 0.29) is 11.1 Å². The maximum atomic E-state index is 14.8. The Kier molecular flexibility index (Phi) is 6.54. The van der Waals surface area contributed by atoms with Gasteiger partial charge in [-0.1, -0.05) is 66.7 Å². The molecule has 0 atom stereocenters. The fraction of sp³-hybridized carbons (Fsp3) is 0.154. The van der Waals surface area contributed by atoms with Gasteiger partial charge in [-0.25, -0.2) is 8.78 Å². The van der Waals surface area contributed by atoms with Gasteiger partial charge in [-0.2, -0.15) is 0 Å². The summed E-state index contributed by atoms with van der Waals surface area (Å²) in [6.45, 7) is 7.44. The molecule has 0 bridgehead atoms. The van der Waals surface area contributed by atoms with Crippen molar-refractivity contribution in [3.63, 3.8) is 0 Å². The minimum Gasteiger partial charge on any atom is -0.203 e. The van der Waals surface area contributed by atoms with Crippen LogP contribution in [0.1, 0.15) is 35.1 Å². The lowest BCUT2D eigenvalue weighted by Crippen LogP contribution is -1.88. The van der Waals surface area contributed by atoms with Gasteiger partial charge in [-0.15, -0.1) is 13.2 Å². The van der Waals surface area contributed by atoms with Gasteiger partial charge in [-0.05, 0) is 53.6 Å². The van der Waals surface area contributed by atoms with Gasteiger partial charge in [0.05, 0.1) is 0 Å². The van der Waals surface area contributed by atoms with Crippen molar-refractivity contribution in [2.45, 2.75) is 25.7 Å². The highest BCUT2D eigenvalue weighted by molar-refractivity contribution is 5.90. The molecule has 142 valence electrons. The molecule has 0 N–H and O–H groups in total. The number of allylic oxidation sites excluding steroid dienone is 2. The molecule has 3 rings (SSSR count). The van der Waals surface area contributed by atoms with Gasteiger partial charge < -0.3 is 0 Å². The Balaban J connectivity index is 1.87. The van der Waals surface area contributed by atoms with Crippen molar-refractivity contribution < 1.29 is 8.78 Å². The standard InChI is InChI=1S/C26H24F2/c1-3-5-7-19-9-12-21(13-10-19)25(27)26(28)24-16-15-22-17-20(8-6-4-2)11-14-23(22)18-24/h3-4,9-18H,1-2,5-8H2. The fourth-order valence-electron chi connectivity index (χ4n) is 3.20. The summed E-state index contributed by atoms with van der Waals surface area (Å²) >= 11 is 0. The maximum absolute atomic E-state index is 14.8. The molecule has 0 aliphatic heterocycles. The van der Waals surface area contributed by atoms with E-state index in [0.717, 1.165) is 42.0 Å². The van der Waals surface area contributed by atoms with E-state index in [2.05, 4.69) is 19.2 Å². The number of hydrogen-bond acceptors (Lipinski definition) is 0. The van der Waals surface area contributed by atoms with Crippen LogP contribution in [0.3, 0.4) is 0 Å². The number of aryl methyl sites for hydroxylation is 2. The van der Waals surface area contributed by atoms with Gasteiger partial charge in [-0.3, -0.25) is 0 Å². The second kappa shape index (κ2) is 9.27. The molecule has 2 heteroatoms. The van der Waals surface area contributed by atoms with Crippen LogP contribution in [0, 0.1) is 0 Å². The lowest BCUT2D eigenvalue weighted by Gasteiger charge is -2.07. The van der Waals surface area contributed by atoms with Crippen molar-refractivity contribution in [2.24, 2.45) is 0 Å². The number of benzene rings is 3. The molecular weight excluding hydrogens is 350 g/mol. The van der Waals surface area contributed by atoms with Gasteiger partial charge in [0, 0.05) is 11.1 Å². The Morgan fingerprint density at radius 3 is 1.82 bits per heavy atom. The maximum Gasteiger partial charge on any atom is 0.166 e. The Morgan fingerprint density at radius 2 is 1.14 bits per heavy atom. The first-order valence-corrected chi connectivity index (χ1v) is 9.52. The molecule has 28 heavy (non-hydrogen) atoms. The minimum absolute atomic E-state index is 0.250. The first-order valence-electron chi connectivity index (χ1n) is 9.52. The van der Waals surface area contributed by atoms with Crippen LogP contribution >= 0.6 is 0 Å². The summed E-state index contributed by atoms with van der Waals surface area (Å²) < 4.78 is 29.5. The minimum atomic E-state index is -0.837. The molecule has 0 spiro atoms. The zero-order valence-corrected chi connectivity index (χ0v) is 15.9. The molecule has 0 saturated heterocycles. The van der Waals surface area contributed by atoms with Crippen LogP contribution in [-0.4, -0.2) is 0 Å². The Labute approximate surface area is 165 Å². The normalized spacial score (nSPS) is 11.9. The molecule has 0 radical (unpaired) electrons. The van der Waals surface area contributed by atoms with Gasteiger partial charge in [0.25, 0.3) is 0 Å². The van der Waals surface area contributed by atoms with Crippen molar-refractivity contribution in [3.05, 3.63) is 108 Å². The Hall–Kier alpha value is -3.00. The van der Waals surface area contributed by atoms with Crippen LogP contribution in [0.5, 0.6) is 0 Å². The van der Waals surface area contributed by atoms with E-state index >= 15 is 0 Å². The average Bonchev–Trinajstić information content (AvgIpc) is 2.75. The first-order chi connectivity index (χ1) is 13.6. The van der Waals surface area contributed by atoms with Gasteiger partial charge in [0.1, 0.15) is 0 Å². The van der Waals surface area contributed by atoms with Crippen LogP contribution in [0.15, 0.2) is 86.0 Å². The molecule has 0 saturated carbocycles. The molecule has 0 aromatic heterocycles. The highest BCUT2D eigenvalue weighted by Crippen LogP contribution is 2.31. The molecule has 0 nitrogen and oxygen atoms in total. The predicted molar refractivity (Wildman–Crippen MR) is 116 cm³/mol. The highest BCUT2D eigenvalue weighted by atomic mass is 19.2. The van der Waals surface area contributed by atoms with Gasteiger partial charge in [0.15, 0.2) is 11.7 Å². The second-order valence-corrected chi connectivity index (χ2v) is 6.88. The van der Waals surface area contributed by atoms with E-state index in [4.69, 9.17) is 0 Å². The number of rotatable bonds is 8. The first kappa shape index (κ1) is 19.8. The molecule has 3 aromatic rings. The Bertz CT molecular complexity index is 1010. The van der Waals surface area contributed by atoms with Crippen molar-refractivity contribution in [3.8, 4) is 0 Å². The highest BCUT2D eigenvalue weighted by Gasteiger charge is 2.12. The van der Waals surface area contributed by atoms with E-state index in [1.54, 1.807) is 24.3 Å². The van der Waals surface area contributed by atoms with E-state index in [1.165, 1.54) is 5.56 Å². The zero-order valence-electron chi connectivity index (χ0n) is 15.9. The summed E-state index contributed by atoms with van der Waals surface area (Å²) in [4.78, 5) is 0. The predicted octanol–water partition coefficient (Wildman–Crippen LogP) is 7.84. The molecule has 0 amide bonds. The molecule has 0 aliphatic carbocycles. The lowest BCUT2D eigenvalue weighted by atomic mass is 10.0. The second-order valence-electron chi connectivity index (χ2n) is 6.88. The molecule has 3 aromatic carbocycles. The van der Waals surface area contributed by atoms with E-state index in [0.29, 0.717) is 0 Å². The van der Waals surface area contributed by atoms with Crippen molar-refractivity contribution in [1.82, 2.24) is 0 Å². The summed E-state index contributed by atoms with van der Waals surface area (Å²) in [6, 6.07) is 18.1. The van der Waals surface area contributed by atoms with Gasteiger partial charge >= 0.3 is 0 Å². The monoisotopic (exact) mass is 374 g/mol. The number of fused-ring (bicyclic) bond motifs is 1. The largest absolute Gasteiger partial charge is 0.203 e. The molecule has 0 heterocycles. The summed E-state index contributed by atoms with van der Waals surface area (Å²) in [6.07, 6.45) is 7.28. The molecule has 0 unspecified atom stereocenters. The lowest BCUT2D eigenvalue weighted by molar-refractivity contribution is 0.700. The average molecular weight is 374 g/mol. The fourth-order valence-corrected chi connectivity index (χ4v) is 3.20. The van der Waals surface area contributed by atoms with Crippen LogP contribution < -0.4 is 0 Å². The summed E-state index contributed by atoms with van der Waals surface area (Å²) in [5, 5.41) is 1.91. The quantitative estimate of drug-likeness (QED) is 0.278. The van der Waals surface area contributed by atoms with Crippen molar-refractivity contribution >= 4 is 22.4 Å². The van der Waals surface area contributed by atoms with Crippen LogP contribution in [0.25, 0.3) is 22.4 Å². The van der Waals surface area contributed by atoms with Crippen LogP contribution in [0.4, 0.5) is 8.78 Å². The van der Waals surface area contributed by atoms with E-state index < -0.39 is 11.7 Å². The summed E-state index contributed by atoms with van der Waals surface area (Å²) in [5.41, 5.74) is 2.79. The molecule has 0 fully saturated rings. The summed E-state index contributed by atoms with van der Waals surface area (Å²) in [5.74, 6) is -1.67. The topological polar surface area (TPSA) is 0 Å². The Morgan fingerprint density at radius 1 is 0.643 bits per heavy atom. The smallest absolute Gasteiger partial charge is 0.166 e. The number of hydrogen-bond donors (Lipinski definition) is 0. The third-order valence-corrected chi connectivity index (χ3v) is 4.83. The third kappa shape index (κ3) is 4.64. The van der Waals surface area contributed by atoms with Crippen LogP contribution in [-0.2, 0) is 12.8 Å². The zero-order chi connectivity index (χ0) is 19.9. The van der Waals surface area contributed by atoms with E-state index in [1.807, 2.05) is 42.5 Å². The van der Waals surface area contributed by atoms with Gasteiger partial charge in [0.2, 0.25) is 0 Å². The summed E-state index contributed by atoms with van der Waals surface area (Å²) in [7, 11) is 0. The number of halogens is 2. The van der Waals surface area contributed by atoms with Crippen molar-refractivity contribution in [2.75, 3.05) is 0 Å². The third-order valence-electron chi connectivity index (χ3n) is 4.83.